The highest BCUT2D eigenvalue weighted by atomic mass is 35.5. The lowest BCUT2D eigenvalue weighted by Crippen LogP contribution is -1.95. The number of carboxylic acid groups (broad SMARTS) is 1. The summed E-state index contributed by atoms with van der Waals surface area (Å²) in [5.74, 6) is -0.897. The monoisotopic (exact) mass is 262 g/mol. The molecule has 2 N–H and O–H groups in total. The average molecular weight is 263 g/mol. The molecule has 90 valence electrons. The van der Waals surface area contributed by atoms with Crippen molar-refractivity contribution in [1.29, 1.82) is 0 Å². The van der Waals surface area contributed by atoms with Crippen molar-refractivity contribution in [3.8, 4) is 11.5 Å². The smallest absolute Gasteiger partial charge is 0.341 e. The summed E-state index contributed by atoms with van der Waals surface area (Å²) in [4.78, 5) is 14.0. The number of aromatic carboxylic acids is 1. The highest BCUT2D eigenvalue weighted by molar-refractivity contribution is 6.35. The van der Waals surface area contributed by atoms with Crippen LogP contribution in [0.4, 0.5) is 0 Å². The molecule has 3 rings (SSSR count). The van der Waals surface area contributed by atoms with Crippen LogP contribution in [0.15, 0.2) is 35.0 Å². The lowest BCUT2D eigenvalue weighted by atomic mass is 10.2. The summed E-state index contributed by atoms with van der Waals surface area (Å²) in [6, 6.07) is 7.22. The molecule has 0 aliphatic heterocycles. The molecule has 0 atom stereocenters. The molecule has 0 aliphatic rings. The van der Waals surface area contributed by atoms with Gasteiger partial charge in [-0.25, -0.2) is 4.79 Å². The fourth-order valence-electron chi connectivity index (χ4n) is 1.83. The Balaban J connectivity index is 2.23. The van der Waals surface area contributed by atoms with Gasteiger partial charge >= 0.3 is 5.97 Å². The van der Waals surface area contributed by atoms with Gasteiger partial charge in [0.05, 0.1) is 22.4 Å². The van der Waals surface area contributed by atoms with Gasteiger partial charge in [-0.3, -0.25) is 0 Å². The summed E-state index contributed by atoms with van der Waals surface area (Å²) in [6.45, 7) is 0. The first-order chi connectivity index (χ1) is 8.66. The molecule has 6 heteroatoms. The third-order valence-electron chi connectivity index (χ3n) is 2.65. The van der Waals surface area contributed by atoms with Crippen LogP contribution in [-0.2, 0) is 0 Å². The minimum absolute atomic E-state index is 0.0117. The molecule has 18 heavy (non-hydrogen) atoms. The molecule has 3 aromatic rings. The standard InChI is InChI=1S/C12H7ClN2O3/c13-8-3-1-2-6-4-9(15-10(6)8)11-7(12(16)17)5-14-18-11/h1-5,15H,(H,16,17). The zero-order chi connectivity index (χ0) is 12.7. The second-order valence-electron chi connectivity index (χ2n) is 3.76. The Labute approximate surface area is 106 Å². The van der Waals surface area contributed by atoms with Gasteiger partial charge in [0, 0.05) is 5.39 Å². The van der Waals surface area contributed by atoms with Gasteiger partial charge < -0.3 is 14.6 Å². The first-order valence-electron chi connectivity index (χ1n) is 5.12. The number of carboxylic acids is 1. The van der Waals surface area contributed by atoms with E-state index in [-0.39, 0.29) is 11.3 Å². The normalized spacial score (nSPS) is 10.9. The number of hydrogen-bond donors (Lipinski definition) is 2. The molecule has 0 amide bonds. The number of aromatic nitrogens is 2. The van der Waals surface area contributed by atoms with Crippen molar-refractivity contribution in [3.05, 3.63) is 41.0 Å². The molecule has 2 aromatic heterocycles. The Hall–Kier alpha value is -2.27. The summed E-state index contributed by atoms with van der Waals surface area (Å²) >= 11 is 6.04. The second-order valence-corrected chi connectivity index (χ2v) is 4.17. The van der Waals surface area contributed by atoms with Crippen molar-refractivity contribution in [3.63, 3.8) is 0 Å². The molecule has 1 aromatic carbocycles. The van der Waals surface area contributed by atoms with Crippen LogP contribution < -0.4 is 0 Å². The van der Waals surface area contributed by atoms with E-state index in [9.17, 15) is 4.79 Å². The molecule has 0 spiro atoms. The summed E-state index contributed by atoms with van der Waals surface area (Å²) < 4.78 is 4.98. The van der Waals surface area contributed by atoms with E-state index in [1.807, 2.05) is 12.1 Å². The molecule has 0 fully saturated rings. The van der Waals surface area contributed by atoms with Gasteiger partial charge in [-0.15, -0.1) is 0 Å². The number of fused-ring (bicyclic) bond motifs is 1. The Morgan fingerprint density at radius 3 is 3.00 bits per heavy atom. The van der Waals surface area contributed by atoms with E-state index in [0.29, 0.717) is 10.7 Å². The van der Waals surface area contributed by atoms with Gasteiger partial charge in [0.25, 0.3) is 0 Å². The Morgan fingerprint density at radius 1 is 1.44 bits per heavy atom. The number of H-pyrrole nitrogens is 1. The van der Waals surface area contributed by atoms with Crippen LogP contribution in [0.5, 0.6) is 0 Å². The van der Waals surface area contributed by atoms with Gasteiger partial charge in [0.2, 0.25) is 0 Å². The van der Waals surface area contributed by atoms with E-state index >= 15 is 0 Å². The van der Waals surface area contributed by atoms with Crippen LogP contribution >= 0.6 is 11.6 Å². The van der Waals surface area contributed by atoms with Gasteiger partial charge in [0.15, 0.2) is 5.76 Å². The quantitative estimate of drug-likeness (QED) is 0.743. The van der Waals surface area contributed by atoms with E-state index in [1.54, 1.807) is 12.1 Å². The summed E-state index contributed by atoms with van der Waals surface area (Å²) in [7, 11) is 0. The molecule has 0 saturated heterocycles. The molecule has 0 bridgehead atoms. The molecule has 0 saturated carbocycles. The molecule has 0 unspecified atom stereocenters. The number of rotatable bonds is 2. The van der Waals surface area contributed by atoms with E-state index < -0.39 is 5.97 Å². The Bertz CT molecular complexity index is 745. The minimum Gasteiger partial charge on any atom is -0.477 e. The second kappa shape index (κ2) is 3.89. The topological polar surface area (TPSA) is 79.1 Å². The van der Waals surface area contributed by atoms with Gasteiger partial charge in [-0.1, -0.05) is 28.9 Å². The lowest BCUT2D eigenvalue weighted by molar-refractivity contribution is 0.0697. The first-order valence-corrected chi connectivity index (χ1v) is 5.50. The van der Waals surface area contributed by atoms with Crippen molar-refractivity contribution >= 4 is 28.5 Å². The number of nitrogens with zero attached hydrogens (tertiary/aromatic N) is 1. The third-order valence-corrected chi connectivity index (χ3v) is 2.97. The molecular weight excluding hydrogens is 256 g/mol. The highest BCUT2D eigenvalue weighted by Gasteiger charge is 2.18. The number of aromatic amines is 1. The van der Waals surface area contributed by atoms with E-state index in [0.717, 1.165) is 10.9 Å². The average Bonchev–Trinajstić information content (AvgIpc) is 2.95. The van der Waals surface area contributed by atoms with Crippen LogP contribution in [-0.4, -0.2) is 21.2 Å². The van der Waals surface area contributed by atoms with E-state index in [1.165, 1.54) is 6.20 Å². The van der Waals surface area contributed by atoms with Crippen molar-refractivity contribution in [2.75, 3.05) is 0 Å². The van der Waals surface area contributed by atoms with Crippen molar-refractivity contribution < 1.29 is 14.4 Å². The zero-order valence-electron chi connectivity index (χ0n) is 8.98. The predicted molar refractivity (Wildman–Crippen MR) is 65.8 cm³/mol. The molecule has 2 heterocycles. The van der Waals surface area contributed by atoms with Gasteiger partial charge in [-0.05, 0) is 12.1 Å². The summed E-state index contributed by atoms with van der Waals surface area (Å²) in [6.07, 6.45) is 1.17. The van der Waals surface area contributed by atoms with E-state index in [4.69, 9.17) is 21.2 Å². The number of carbonyl (C=O) groups is 1. The summed E-state index contributed by atoms with van der Waals surface area (Å²) in [5.41, 5.74) is 1.28. The van der Waals surface area contributed by atoms with Gasteiger partial charge in [0.1, 0.15) is 5.56 Å². The number of benzene rings is 1. The Morgan fingerprint density at radius 2 is 2.28 bits per heavy atom. The SMILES string of the molecule is O=C(O)c1cnoc1-c1cc2cccc(Cl)c2[nH]1. The number of nitrogens with one attached hydrogen (secondary N) is 1. The first kappa shape index (κ1) is 10.9. The predicted octanol–water partition coefficient (Wildman–Crippen LogP) is 3.17. The highest BCUT2D eigenvalue weighted by Crippen LogP contribution is 2.30. The molecular formula is C12H7ClN2O3. The van der Waals surface area contributed by atoms with Crippen molar-refractivity contribution in [2.45, 2.75) is 0 Å². The number of halogens is 1. The molecule has 0 aliphatic carbocycles. The minimum atomic E-state index is -1.09. The van der Waals surface area contributed by atoms with Crippen molar-refractivity contribution in [1.82, 2.24) is 10.1 Å². The number of hydrogen-bond acceptors (Lipinski definition) is 3. The largest absolute Gasteiger partial charge is 0.477 e. The third kappa shape index (κ3) is 1.56. The van der Waals surface area contributed by atoms with E-state index in [2.05, 4.69) is 10.1 Å². The maximum absolute atomic E-state index is 11.0. The summed E-state index contributed by atoms with van der Waals surface area (Å²) in [5, 5.41) is 14.0. The fraction of sp³-hybridized carbons (Fsp3) is 0. The van der Waals surface area contributed by atoms with Crippen LogP contribution in [0, 0.1) is 0 Å². The lowest BCUT2D eigenvalue weighted by Gasteiger charge is -1.93. The van der Waals surface area contributed by atoms with Crippen LogP contribution in [0.1, 0.15) is 10.4 Å². The van der Waals surface area contributed by atoms with Crippen LogP contribution in [0.2, 0.25) is 5.02 Å². The van der Waals surface area contributed by atoms with Crippen molar-refractivity contribution in [2.24, 2.45) is 0 Å². The maximum Gasteiger partial charge on any atom is 0.341 e. The number of para-hydroxylation sites is 1. The molecule has 5 nitrogen and oxygen atoms in total. The van der Waals surface area contributed by atoms with Crippen LogP contribution in [0.3, 0.4) is 0 Å². The van der Waals surface area contributed by atoms with Crippen LogP contribution in [0.25, 0.3) is 22.4 Å². The zero-order valence-corrected chi connectivity index (χ0v) is 9.73. The maximum atomic E-state index is 11.0. The Kier molecular flexibility index (Phi) is 2.34. The van der Waals surface area contributed by atoms with Gasteiger partial charge in [-0.2, -0.15) is 0 Å². The molecule has 0 radical (unpaired) electrons. The fourth-order valence-corrected chi connectivity index (χ4v) is 2.06.